The molecular weight excluding hydrogens is 312 g/mol. The van der Waals surface area contributed by atoms with Crippen LogP contribution in [0.2, 0.25) is 0 Å². The number of hydrogen-bond acceptors (Lipinski definition) is 5. The Balaban J connectivity index is 1.40. The smallest absolute Gasteiger partial charge is 0.156 e. The summed E-state index contributed by atoms with van der Waals surface area (Å²) in [4.78, 5) is 22.9. The summed E-state index contributed by atoms with van der Waals surface area (Å²) in [5, 5.41) is 0. The molecule has 3 aromatic rings. The van der Waals surface area contributed by atoms with Crippen LogP contribution in [-0.2, 0) is 13.0 Å². The summed E-state index contributed by atoms with van der Waals surface area (Å²) in [7, 11) is 0. The second-order valence-electron chi connectivity index (χ2n) is 6.64. The summed E-state index contributed by atoms with van der Waals surface area (Å²) in [6, 6.07) is 6.21. The zero-order valence-electron chi connectivity index (χ0n) is 14.2. The number of rotatable bonds is 5. The third kappa shape index (κ3) is 4.09. The molecule has 0 aliphatic carbocycles. The Morgan fingerprint density at radius 1 is 1.20 bits per heavy atom. The van der Waals surface area contributed by atoms with E-state index in [0.717, 1.165) is 43.3 Å². The number of hydrogen-bond donors (Lipinski definition) is 1. The average molecular weight is 334 g/mol. The molecule has 1 aliphatic heterocycles. The maximum Gasteiger partial charge on any atom is 0.156 e. The number of piperidine rings is 1. The van der Waals surface area contributed by atoms with Gasteiger partial charge in [-0.1, -0.05) is 6.07 Å². The predicted molar refractivity (Wildman–Crippen MR) is 95.6 cm³/mol. The number of imidazole rings is 1. The number of aromatic amines is 1. The van der Waals surface area contributed by atoms with Crippen molar-refractivity contribution in [1.82, 2.24) is 29.8 Å². The minimum atomic E-state index is 0.629. The van der Waals surface area contributed by atoms with Crippen LogP contribution in [0.4, 0.5) is 0 Å². The van der Waals surface area contributed by atoms with E-state index < -0.39 is 0 Å². The van der Waals surface area contributed by atoms with Crippen molar-refractivity contribution < 1.29 is 0 Å². The van der Waals surface area contributed by atoms with E-state index in [0.29, 0.717) is 5.92 Å². The van der Waals surface area contributed by atoms with Crippen molar-refractivity contribution in [3.63, 3.8) is 0 Å². The molecule has 25 heavy (non-hydrogen) atoms. The largest absolute Gasteiger partial charge is 0.343 e. The van der Waals surface area contributed by atoms with Crippen LogP contribution in [0, 0.1) is 5.92 Å². The molecule has 1 atom stereocenters. The van der Waals surface area contributed by atoms with Gasteiger partial charge in [-0.25, -0.2) is 15.0 Å². The van der Waals surface area contributed by atoms with E-state index in [2.05, 4.69) is 42.0 Å². The van der Waals surface area contributed by atoms with Crippen molar-refractivity contribution in [1.29, 1.82) is 0 Å². The highest BCUT2D eigenvalue weighted by Crippen LogP contribution is 2.22. The van der Waals surface area contributed by atoms with Gasteiger partial charge in [-0.2, -0.15) is 0 Å². The van der Waals surface area contributed by atoms with Gasteiger partial charge < -0.3 is 4.98 Å². The Kier molecular flexibility index (Phi) is 4.79. The molecule has 0 amide bonds. The van der Waals surface area contributed by atoms with Crippen LogP contribution in [0.1, 0.15) is 24.1 Å². The lowest BCUT2D eigenvalue weighted by atomic mass is 9.93. The van der Waals surface area contributed by atoms with Gasteiger partial charge in [-0.15, -0.1) is 0 Å². The van der Waals surface area contributed by atoms with Crippen LogP contribution < -0.4 is 0 Å². The lowest BCUT2D eigenvalue weighted by Crippen LogP contribution is -2.35. The minimum absolute atomic E-state index is 0.629. The van der Waals surface area contributed by atoms with Gasteiger partial charge in [-0.3, -0.25) is 9.88 Å². The van der Waals surface area contributed by atoms with Gasteiger partial charge in [0.05, 0.1) is 0 Å². The first-order chi connectivity index (χ1) is 12.4. The normalized spacial score (nSPS) is 18.3. The quantitative estimate of drug-likeness (QED) is 0.777. The van der Waals surface area contributed by atoms with E-state index in [4.69, 9.17) is 0 Å². The van der Waals surface area contributed by atoms with Crippen LogP contribution in [0.15, 0.2) is 49.3 Å². The van der Waals surface area contributed by atoms with Crippen molar-refractivity contribution >= 4 is 0 Å². The molecule has 0 saturated carbocycles. The van der Waals surface area contributed by atoms with Crippen LogP contribution in [-0.4, -0.2) is 42.9 Å². The van der Waals surface area contributed by atoms with E-state index in [9.17, 15) is 0 Å². The number of pyridine rings is 1. The van der Waals surface area contributed by atoms with E-state index in [1.54, 1.807) is 12.5 Å². The van der Waals surface area contributed by atoms with Crippen molar-refractivity contribution in [3.8, 4) is 11.5 Å². The van der Waals surface area contributed by atoms with Crippen LogP contribution in [0.5, 0.6) is 0 Å². The van der Waals surface area contributed by atoms with Crippen molar-refractivity contribution in [2.75, 3.05) is 13.1 Å². The topological polar surface area (TPSA) is 70.6 Å². The molecule has 3 aromatic heterocycles. The molecule has 4 rings (SSSR count). The van der Waals surface area contributed by atoms with Gasteiger partial charge in [0.15, 0.2) is 5.82 Å². The summed E-state index contributed by atoms with van der Waals surface area (Å²) >= 11 is 0. The zero-order valence-corrected chi connectivity index (χ0v) is 14.2. The van der Waals surface area contributed by atoms with Crippen molar-refractivity contribution in [3.05, 3.63) is 60.6 Å². The summed E-state index contributed by atoms with van der Waals surface area (Å²) in [5.74, 6) is 1.43. The van der Waals surface area contributed by atoms with Crippen LogP contribution in [0.25, 0.3) is 11.5 Å². The van der Waals surface area contributed by atoms with Crippen molar-refractivity contribution in [2.24, 2.45) is 5.92 Å². The molecular formula is C19H22N6. The first kappa shape index (κ1) is 15.9. The Morgan fingerprint density at radius 2 is 2.20 bits per heavy atom. The second kappa shape index (κ2) is 7.53. The van der Waals surface area contributed by atoms with E-state index in [1.165, 1.54) is 18.4 Å². The fourth-order valence-electron chi connectivity index (χ4n) is 3.55. The molecule has 1 unspecified atom stereocenters. The third-order valence-electron chi connectivity index (χ3n) is 4.69. The molecule has 6 heteroatoms. The van der Waals surface area contributed by atoms with Crippen LogP contribution in [0.3, 0.4) is 0 Å². The molecule has 0 spiro atoms. The van der Waals surface area contributed by atoms with E-state index in [1.807, 2.05) is 24.7 Å². The summed E-state index contributed by atoms with van der Waals surface area (Å²) in [6.45, 7) is 3.24. The first-order valence-corrected chi connectivity index (χ1v) is 8.79. The molecule has 4 heterocycles. The van der Waals surface area contributed by atoms with E-state index >= 15 is 0 Å². The SMILES string of the molecule is c1cncc(CN2CCCC(Cc3cc(-c4ncc[nH]4)ncn3)C2)c1. The average Bonchev–Trinajstić information content (AvgIpc) is 3.18. The van der Waals surface area contributed by atoms with Gasteiger partial charge in [0.2, 0.25) is 0 Å². The number of H-pyrrole nitrogens is 1. The van der Waals surface area contributed by atoms with Crippen molar-refractivity contribution in [2.45, 2.75) is 25.8 Å². The first-order valence-electron chi connectivity index (χ1n) is 8.79. The number of likely N-dealkylation sites (tertiary alicyclic amines) is 1. The Bertz CT molecular complexity index is 787. The van der Waals surface area contributed by atoms with Gasteiger partial charge in [0.25, 0.3) is 0 Å². The maximum absolute atomic E-state index is 4.47. The molecule has 1 fully saturated rings. The standard InChI is InChI=1S/C19H22N6/c1-3-16(11-20-5-1)13-25-8-2-4-15(12-25)9-17-10-18(24-14-23-17)19-21-6-7-22-19/h1,3,5-7,10-11,14-15H,2,4,8-9,12-13H2,(H,21,22). The molecule has 0 radical (unpaired) electrons. The van der Waals surface area contributed by atoms with E-state index in [-0.39, 0.29) is 0 Å². The molecule has 1 aliphatic rings. The summed E-state index contributed by atoms with van der Waals surface area (Å²) in [5.41, 5.74) is 3.23. The van der Waals surface area contributed by atoms with Gasteiger partial charge >= 0.3 is 0 Å². The summed E-state index contributed by atoms with van der Waals surface area (Å²) < 4.78 is 0. The lowest BCUT2D eigenvalue weighted by molar-refractivity contribution is 0.166. The molecule has 0 aromatic carbocycles. The number of aromatic nitrogens is 5. The van der Waals surface area contributed by atoms with Gasteiger partial charge in [-0.05, 0) is 49.4 Å². The molecule has 128 valence electrons. The molecule has 1 saturated heterocycles. The molecule has 1 N–H and O–H groups in total. The summed E-state index contributed by atoms with van der Waals surface area (Å²) in [6.07, 6.45) is 12.5. The Hall–Kier alpha value is -2.60. The zero-order chi connectivity index (χ0) is 16.9. The Morgan fingerprint density at radius 3 is 3.04 bits per heavy atom. The van der Waals surface area contributed by atoms with Crippen LogP contribution >= 0.6 is 0 Å². The fourth-order valence-corrected chi connectivity index (χ4v) is 3.55. The lowest BCUT2D eigenvalue weighted by Gasteiger charge is -2.32. The monoisotopic (exact) mass is 334 g/mol. The number of nitrogens with zero attached hydrogens (tertiary/aromatic N) is 5. The highest BCUT2D eigenvalue weighted by molar-refractivity contribution is 5.48. The van der Waals surface area contributed by atoms with Gasteiger partial charge in [0, 0.05) is 43.6 Å². The number of nitrogens with one attached hydrogen (secondary N) is 1. The maximum atomic E-state index is 4.47. The molecule has 0 bridgehead atoms. The second-order valence-corrected chi connectivity index (χ2v) is 6.64. The Labute approximate surface area is 147 Å². The predicted octanol–water partition coefficient (Wildman–Crippen LogP) is 2.72. The third-order valence-corrected chi connectivity index (χ3v) is 4.69. The highest BCUT2D eigenvalue weighted by Gasteiger charge is 2.21. The minimum Gasteiger partial charge on any atom is -0.343 e. The fraction of sp³-hybridized carbons (Fsp3) is 0.368. The van der Waals surface area contributed by atoms with Gasteiger partial charge in [0.1, 0.15) is 12.0 Å². The highest BCUT2D eigenvalue weighted by atomic mass is 15.1. The molecule has 6 nitrogen and oxygen atoms in total.